The van der Waals surface area contributed by atoms with Gasteiger partial charge in [0.2, 0.25) is 0 Å². The van der Waals surface area contributed by atoms with Crippen molar-refractivity contribution in [1.29, 1.82) is 0 Å². The average molecular weight is 458 g/mol. The lowest BCUT2D eigenvalue weighted by atomic mass is 10.3. The Labute approximate surface area is 185 Å². The van der Waals surface area contributed by atoms with E-state index in [9.17, 15) is 4.79 Å². The van der Waals surface area contributed by atoms with Gasteiger partial charge in [0.1, 0.15) is 0 Å². The number of hydrogen-bond acceptors (Lipinski definition) is 6. The number of aryl methyl sites for hydroxylation is 1. The van der Waals surface area contributed by atoms with Gasteiger partial charge in [-0.05, 0) is 31.3 Å². The molecule has 0 saturated carbocycles. The normalized spacial score (nSPS) is 10.9. The van der Waals surface area contributed by atoms with Crippen LogP contribution in [0.2, 0.25) is 5.02 Å². The van der Waals surface area contributed by atoms with E-state index in [0.29, 0.717) is 38.5 Å². The summed E-state index contributed by atoms with van der Waals surface area (Å²) in [7, 11) is 0. The van der Waals surface area contributed by atoms with Crippen LogP contribution in [-0.4, -0.2) is 35.4 Å². The quantitative estimate of drug-likeness (QED) is 0.324. The van der Waals surface area contributed by atoms with E-state index in [1.54, 1.807) is 23.0 Å². The Bertz CT molecular complexity index is 1300. The summed E-state index contributed by atoms with van der Waals surface area (Å²) in [5, 5.41) is 15.1. The number of para-hydroxylation sites is 1. The third kappa shape index (κ3) is 3.84. The van der Waals surface area contributed by atoms with Gasteiger partial charge in [-0.3, -0.25) is 19.8 Å². The van der Waals surface area contributed by atoms with Gasteiger partial charge in [0, 0.05) is 12.7 Å². The third-order valence-corrected chi connectivity index (χ3v) is 5.93. The number of thiazole rings is 1. The lowest BCUT2D eigenvalue weighted by molar-refractivity contribution is 0.102. The highest BCUT2D eigenvalue weighted by Crippen LogP contribution is 2.32. The maximum atomic E-state index is 12.7. The summed E-state index contributed by atoms with van der Waals surface area (Å²) < 4.78 is 3.88. The van der Waals surface area contributed by atoms with Crippen molar-refractivity contribution in [3.63, 3.8) is 0 Å². The highest BCUT2D eigenvalue weighted by Gasteiger charge is 2.18. The first kappa shape index (κ1) is 20.2. The maximum Gasteiger partial charge on any atom is 0.260 e. The second-order valence-electron chi connectivity index (χ2n) is 6.26. The number of anilines is 1. The molecule has 0 saturated heterocycles. The van der Waals surface area contributed by atoms with E-state index in [4.69, 9.17) is 23.8 Å². The minimum absolute atomic E-state index is 0.321. The molecule has 11 heteroatoms. The number of hydrogen-bond donors (Lipinski definition) is 2. The molecule has 0 fully saturated rings. The van der Waals surface area contributed by atoms with Crippen LogP contribution in [0.1, 0.15) is 16.1 Å². The van der Waals surface area contributed by atoms with Gasteiger partial charge < -0.3 is 0 Å². The Morgan fingerprint density at radius 1 is 1.43 bits per heavy atom. The van der Waals surface area contributed by atoms with Gasteiger partial charge in [0.25, 0.3) is 5.91 Å². The molecule has 3 heterocycles. The highest BCUT2D eigenvalue weighted by molar-refractivity contribution is 7.71. The standard InChI is InChI=1S/C19H16ClN7OS2/c1-3-8-26-16(24-25-19(26)29)15-11(2)22-18(30-15)23-17(28)12-9-21-27(10-12)14-7-5-4-6-13(14)20/h3-7,9-10H,1,8H2,2H3,(H,25,29)(H,22,23,28). The summed E-state index contributed by atoms with van der Waals surface area (Å²) in [6.45, 7) is 6.12. The summed E-state index contributed by atoms with van der Waals surface area (Å²) in [6, 6.07) is 7.27. The predicted octanol–water partition coefficient (Wildman–Crippen LogP) is 4.65. The molecule has 1 amide bonds. The monoisotopic (exact) mass is 457 g/mol. The molecule has 8 nitrogen and oxygen atoms in total. The molecular formula is C19H16ClN7OS2. The number of H-pyrrole nitrogens is 1. The Balaban J connectivity index is 1.57. The summed E-state index contributed by atoms with van der Waals surface area (Å²) >= 11 is 12.8. The van der Waals surface area contributed by atoms with E-state index in [0.717, 1.165) is 10.6 Å². The topological polar surface area (TPSA) is 93.4 Å². The second kappa shape index (κ2) is 8.34. The minimum Gasteiger partial charge on any atom is -0.298 e. The first-order valence-electron chi connectivity index (χ1n) is 8.82. The van der Waals surface area contributed by atoms with Crippen molar-refractivity contribution in [2.45, 2.75) is 13.5 Å². The van der Waals surface area contributed by atoms with Crippen molar-refractivity contribution in [1.82, 2.24) is 29.5 Å². The first-order chi connectivity index (χ1) is 14.5. The number of nitrogens with one attached hydrogen (secondary N) is 2. The highest BCUT2D eigenvalue weighted by atomic mass is 35.5. The summed E-state index contributed by atoms with van der Waals surface area (Å²) in [5.74, 6) is 0.334. The molecular weight excluding hydrogens is 442 g/mol. The van der Waals surface area contributed by atoms with Gasteiger partial charge in [-0.15, -0.1) is 6.58 Å². The van der Waals surface area contributed by atoms with Crippen molar-refractivity contribution in [3.8, 4) is 16.4 Å². The molecule has 0 radical (unpaired) electrons. The summed E-state index contributed by atoms with van der Waals surface area (Å²) in [6.07, 6.45) is 4.84. The van der Waals surface area contributed by atoms with E-state index >= 15 is 0 Å². The number of allylic oxidation sites excluding steroid dienone is 1. The maximum absolute atomic E-state index is 12.7. The van der Waals surface area contributed by atoms with Gasteiger partial charge in [0.15, 0.2) is 15.7 Å². The number of nitrogens with zero attached hydrogens (tertiary/aromatic N) is 5. The third-order valence-electron chi connectivity index (χ3n) is 4.23. The van der Waals surface area contributed by atoms with Crippen LogP contribution in [-0.2, 0) is 6.54 Å². The fourth-order valence-electron chi connectivity index (χ4n) is 2.83. The van der Waals surface area contributed by atoms with Crippen LogP contribution in [0.4, 0.5) is 5.13 Å². The fraction of sp³-hybridized carbons (Fsp3) is 0.105. The second-order valence-corrected chi connectivity index (χ2v) is 8.06. The summed E-state index contributed by atoms with van der Waals surface area (Å²) in [4.78, 5) is 18.0. The smallest absolute Gasteiger partial charge is 0.260 e. The van der Waals surface area contributed by atoms with Crippen molar-refractivity contribution in [2.24, 2.45) is 0 Å². The first-order valence-corrected chi connectivity index (χ1v) is 10.4. The zero-order valence-corrected chi connectivity index (χ0v) is 18.2. The van der Waals surface area contributed by atoms with E-state index in [1.165, 1.54) is 17.5 Å². The van der Waals surface area contributed by atoms with Gasteiger partial charge in [-0.1, -0.05) is 41.1 Å². The molecule has 4 aromatic rings. The Morgan fingerprint density at radius 2 is 2.23 bits per heavy atom. The molecule has 0 aliphatic carbocycles. The van der Waals surface area contributed by atoms with Crippen LogP contribution in [0.15, 0.2) is 49.3 Å². The zero-order valence-electron chi connectivity index (χ0n) is 15.8. The predicted molar refractivity (Wildman–Crippen MR) is 120 cm³/mol. The van der Waals surface area contributed by atoms with Crippen molar-refractivity contribution >= 4 is 46.2 Å². The SMILES string of the molecule is C=CCn1c(-c2sc(NC(=O)c3cnn(-c4ccccc4Cl)c3)nc2C)n[nH]c1=S. The van der Waals surface area contributed by atoms with Crippen LogP contribution >= 0.6 is 35.2 Å². The van der Waals surface area contributed by atoms with Crippen molar-refractivity contribution in [2.75, 3.05) is 5.32 Å². The van der Waals surface area contributed by atoms with Gasteiger partial charge in [0.05, 0.1) is 33.0 Å². The average Bonchev–Trinajstić information content (AvgIpc) is 3.43. The van der Waals surface area contributed by atoms with Gasteiger partial charge >= 0.3 is 0 Å². The van der Waals surface area contributed by atoms with Crippen LogP contribution in [0, 0.1) is 11.7 Å². The van der Waals surface area contributed by atoms with Crippen LogP contribution in [0.25, 0.3) is 16.4 Å². The molecule has 0 spiro atoms. The van der Waals surface area contributed by atoms with Crippen molar-refractivity contribution in [3.05, 3.63) is 70.4 Å². The molecule has 0 aliphatic heterocycles. The van der Waals surface area contributed by atoms with Gasteiger partial charge in [-0.25, -0.2) is 9.67 Å². The molecule has 4 rings (SSSR count). The molecule has 1 aromatic carbocycles. The molecule has 2 N–H and O–H groups in total. The Morgan fingerprint density at radius 3 is 3.00 bits per heavy atom. The Kier molecular flexibility index (Phi) is 5.62. The molecule has 30 heavy (non-hydrogen) atoms. The largest absolute Gasteiger partial charge is 0.298 e. The van der Waals surface area contributed by atoms with Crippen molar-refractivity contribution < 1.29 is 4.79 Å². The number of carbonyl (C=O) groups excluding carboxylic acids is 1. The number of halogens is 1. The van der Waals surface area contributed by atoms with E-state index in [1.807, 2.05) is 29.7 Å². The molecule has 152 valence electrons. The number of rotatable bonds is 6. The fourth-order valence-corrected chi connectivity index (χ4v) is 4.21. The van der Waals surface area contributed by atoms with E-state index in [-0.39, 0.29) is 5.91 Å². The summed E-state index contributed by atoms with van der Waals surface area (Å²) in [5.41, 5.74) is 1.82. The molecule has 0 aliphatic rings. The number of amides is 1. The van der Waals surface area contributed by atoms with Crippen LogP contribution < -0.4 is 5.32 Å². The molecule has 0 atom stereocenters. The minimum atomic E-state index is -0.321. The zero-order chi connectivity index (χ0) is 21.3. The number of aromatic nitrogens is 6. The van der Waals surface area contributed by atoms with E-state index < -0.39 is 0 Å². The van der Waals surface area contributed by atoms with E-state index in [2.05, 4.69) is 32.2 Å². The molecule has 0 unspecified atom stereocenters. The molecule has 0 bridgehead atoms. The number of carbonyl (C=O) groups is 1. The van der Waals surface area contributed by atoms with Crippen LogP contribution in [0.5, 0.6) is 0 Å². The van der Waals surface area contributed by atoms with Crippen LogP contribution in [0.3, 0.4) is 0 Å². The molecule has 3 aromatic heterocycles. The number of benzene rings is 1. The van der Waals surface area contributed by atoms with Gasteiger partial charge in [-0.2, -0.15) is 10.2 Å². The lowest BCUT2D eigenvalue weighted by Gasteiger charge is -2.02. The number of aromatic amines is 1. The Hall–Kier alpha value is -3.08. The lowest BCUT2D eigenvalue weighted by Crippen LogP contribution is -2.10.